The molecular formula is C21H21F2N5O6. The fraction of sp³-hybridized carbons (Fsp3) is 0.381. The second-order valence-electron chi connectivity index (χ2n) is 7.69. The summed E-state index contributed by atoms with van der Waals surface area (Å²) in [6.07, 6.45) is -4.92. The van der Waals surface area contributed by atoms with Crippen molar-refractivity contribution in [3.8, 4) is 0 Å². The van der Waals surface area contributed by atoms with Crippen LogP contribution in [0.25, 0.3) is 11.2 Å². The van der Waals surface area contributed by atoms with Gasteiger partial charge in [0.2, 0.25) is 5.95 Å². The molecule has 0 radical (unpaired) electrons. The quantitative estimate of drug-likeness (QED) is 0.517. The maximum atomic E-state index is 15.2. The van der Waals surface area contributed by atoms with Crippen LogP contribution in [0.3, 0.4) is 0 Å². The Balaban J connectivity index is 1.82. The topological polar surface area (TPSA) is 141 Å². The van der Waals surface area contributed by atoms with E-state index in [9.17, 15) is 18.8 Å². The van der Waals surface area contributed by atoms with E-state index in [1.165, 1.54) is 29.0 Å². The third kappa shape index (κ3) is 4.46. The number of aromatic nitrogens is 4. The molecule has 34 heavy (non-hydrogen) atoms. The number of carbonyl (C=O) groups is 2. The lowest BCUT2D eigenvalue weighted by Crippen LogP contribution is -2.37. The Morgan fingerprint density at radius 1 is 1.26 bits per heavy atom. The molecule has 0 saturated carbocycles. The SMILES string of the molecule is CC(=O)OC[C@H]1O[C@@H](n2c(=O)n(Cc3cccc(F)c3)c3cnc(N)nc32)[C@H](OC(C)=O)[C@@H]1F. The minimum absolute atomic E-state index is 0.00334. The molecule has 1 aliphatic rings. The maximum absolute atomic E-state index is 15.2. The number of rotatable bonds is 6. The summed E-state index contributed by atoms with van der Waals surface area (Å²) in [5, 5.41) is 0. The van der Waals surface area contributed by atoms with Gasteiger partial charge in [-0.05, 0) is 17.7 Å². The fourth-order valence-electron chi connectivity index (χ4n) is 3.82. The summed E-state index contributed by atoms with van der Waals surface area (Å²) in [4.78, 5) is 44.4. The first kappa shape index (κ1) is 23.3. The number of halogens is 2. The van der Waals surface area contributed by atoms with Gasteiger partial charge in [-0.1, -0.05) is 12.1 Å². The number of nitrogen functional groups attached to an aromatic ring is 1. The van der Waals surface area contributed by atoms with Crippen LogP contribution in [-0.4, -0.2) is 56.0 Å². The molecule has 0 unspecified atom stereocenters. The van der Waals surface area contributed by atoms with Crippen molar-refractivity contribution in [3.05, 3.63) is 52.3 Å². The summed E-state index contributed by atoms with van der Waals surface area (Å²) >= 11 is 0. The van der Waals surface area contributed by atoms with Crippen LogP contribution in [-0.2, 0) is 30.3 Å². The van der Waals surface area contributed by atoms with Crippen LogP contribution in [0.5, 0.6) is 0 Å². The van der Waals surface area contributed by atoms with Gasteiger partial charge in [0.15, 0.2) is 24.2 Å². The Morgan fingerprint density at radius 3 is 2.71 bits per heavy atom. The van der Waals surface area contributed by atoms with E-state index in [2.05, 4.69) is 9.97 Å². The number of carbonyl (C=O) groups excluding carboxylic acids is 2. The number of benzene rings is 1. The van der Waals surface area contributed by atoms with Gasteiger partial charge in [0.05, 0.1) is 12.7 Å². The van der Waals surface area contributed by atoms with E-state index in [0.29, 0.717) is 5.56 Å². The standard InChI is InChI=1S/C21H21F2N5O6/c1-10(29)32-9-15-16(23)17(33-11(2)30)19(34-15)28-18-14(7-25-20(24)26-18)27(21(28)31)8-12-4-3-5-13(22)6-12/h3-7,15-17,19H,8-9H2,1-2H3,(H2,24,25,26)/t15-,16-,17-,19-/m1/s1. The zero-order valence-corrected chi connectivity index (χ0v) is 18.2. The molecule has 1 aliphatic heterocycles. The van der Waals surface area contributed by atoms with Crippen molar-refractivity contribution < 1.29 is 32.6 Å². The van der Waals surface area contributed by atoms with Crippen molar-refractivity contribution >= 4 is 29.1 Å². The highest BCUT2D eigenvalue weighted by Gasteiger charge is 2.50. The maximum Gasteiger partial charge on any atom is 0.332 e. The molecule has 180 valence electrons. The molecule has 2 N–H and O–H groups in total. The van der Waals surface area contributed by atoms with Gasteiger partial charge in [0, 0.05) is 13.8 Å². The number of imidazole rings is 1. The van der Waals surface area contributed by atoms with Crippen LogP contribution in [0.15, 0.2) is 35.3 Å². The number of nitrogens with zero attached hydrogens (tertiary/aromatic N) is 4. The second-order valence-corrected chi connectivity index (χ2v) is 7.69. The highest BCUT2D eigenvalue weighted by atomic mass is 19.1. The summed E-state index contributed by atoms with van der Waals surface area (Å²) in [5.41, 5.74) is 5.70. The van der Waals surface area contributed by atoms with Crippen LogP contribution in [0.4, 0.5) is 14.7 Å². The largest absolute Gasteiger partial charge is 0.463 e. The van der Waals surface area contributed by atoms with Crippen molar-refractivity contribution in [1.82, 2.24) is 19.1 Å². The number of hydrogen-bond acceptors (Lipinski definition) is 9. The molecule has 0 spiro atoms. The van der Waals surface area contributed by atoms with E-state index in [1.807, 2.05) is 0 Å². The van der Waals surface area contributed by atoms with Crippen LogP contribution in [0, 0.1) is 5.82 Å². The first-order valence-electron chi connectivity index (χ1n) is 10.2. The normalized spacial score (nSPS) is 22.1. The molecule has 4 atom stereocenters. The minimum atomic E-state index is -1.92. The van der Waals surface area contributed by atoms with E-state index in [1.54, 1.807) is 6.07 Å². The highest BCUT2D eigenvalue weighted by Crippen LogP contribution is 2.35. The Bertz CT molecular complexity index is 1310. The zero-order chi connectivity index (χ0) is 24.6. The molecule has 3 aromatic rings. The average Bonchev–Trinajstić information content (AvgIpc) is 3.19. The Kier molecular flexibility index (Phi) is 6.28. The number of anilines is 1. The van der Waals surface area contributed by atoms with Crippen LogP contribution in [0.1, 0.15) is 25.6 Å². The number of fused-ring (bicyclic) bond motifs is 1. The molecule has 1 aromatic carbocycles. The summed E-state index contributed by atoms with van der Waals surface area (Å²) in [5.74, 6) is -2.12. The Labute approximate surface area is 191 Å². The van der Waals surface area contributed by atoms with Crippen LogP contribution < -0.4 is 11.4 Å². The minimum Gasteiger partial charge on any atom is -0.463 e. The van der Waals surface area contributed by atoms with Gasteiger partial charge in [0.25, 0.3) is 0 Å². The van der Waals surface area contributed by atoms with Gasteiger partial charge in [0.1, 0.15) is 24.0 Å². The Hall–Kier alpha value is -3.87. The smallest absolute Gasteiger partial charge is 0.332 e. The first-order valence-corrected chi connectivity index (χ1v) is 10.2. The van der Waals surface area contributed by atoms with E-state index in [4.69, 9.17) is 19.9 Å². The first-order chi connectivity index (χ1) is 16.2. The van der Waals surface area contributed by atoms with Gasteiger partial charge >= 0.3 is 17.6 Å². The third-order valence-electron chi connectivity index (χ3n) is 5.23. The van der Waals surface area contributed by atoms with E-state index < -0.39 is 54.7 Å². The lowest BCUT2D eigenvalue weighted by molar-refractivity contribution is -0.154. The molecule has 0 aliphatic carbocycles. The van der Waals surface area contributed by atoms with Crippen molar-refractivity contribution in [2.45, 2.75) is 45.0 Å². The predicted octanol–water partition coefficient (Wildman–Crippen LogP) is 1.09. The molecule has 1 fully saturated rings. The lowest BCUT2D eigenvalue weighted by Gasteiger charge is -2.19. The summed E-state index contributed by atoms with van der Waals surface area (Å²) < 4.78 is 46.8. The van der Waals surface area contributed by atoms with Gasteiger partial charge in [-0.2, -0.15) is 4.98 Å². The number of esters is 2. The van der Waals surface area contributed by atoms with Crippen molar-refractivity contribution in [1.29, 1.82) is 0 Å². The fourth-order valence-corrected chi connectivity index (χ4v) is 3.82. The van der Waals surface area contributed by atoms with E-state index in [0.717, 1.165) is 18.4 Å². The molecular weight excluding hydrogens is 456 g/mol. The molecule has 11 nitrogen and oxygen atoms in total. The second kappa shape index (κ2) is 9.17. The lowest BCUT2D eigenvalue weighted by atomic mass is 10.1. The van der Waals surface area contributed by atoms with Crippen LogP contribution >= 0.6 is 0 Å². The third-order valence-corrected chi connectivity index (χ3v) is 5.23. The Morgan fingerprint density at radius 2 is 2.03 bits per heavy atom. The summed E-state index contributed by atoms with van der Waals surface area (Å²) in [6, 6.07) is 5.64. The van der Waals surface area contributed by atoms with Gasteiger partial charge in [-0.3, -0.25) is 14.2 Å². The summed E-state index contributed by atoms with van der Waals surface area (Å²) in [7, 11) is 0. The molecule has 3 heterocycles. The number of ether oxygens (including phenoxy) is 3. The molecule has 1 saturated heterocycles. The molecule has 0 bridgehead atoms. The molecule has 0 amide bonds. The summed E-state index contributed by atoms with van der Waals surface area (Å²) in [6.45, 7) is 1.71. The van der Waals surface area contributed by atoms with Gasteiger partial charge < -0.3 is 19.9 Å². The number of alkyl halides is 1. The molecule has 4 rings (SSSR count). The zero-order valence-electron chi connectivity index (χ0n) is 18.2. The average molecular weight is 477 g/mol. The highest BCUT2D eigenvalue weighted by molar-refractivity contribution is 5.72. The molecule has 13 heteroatoms. The van der Waals surface area contributed by atoms with E-state index >= 15 is 4.39 Å². The van der Waals surface area contributed by atoms with Crippen LogP contribution in [0.2, 0.25) is 0 Å². The number of nitrogens with two attached hydrogens (primary N) is 1. The van der Waals surface area contributed by atoms with Crippen molar-refractivity contribution in [2.75, 3.05) is 12.3 Å². The predicted molar refractivity (Wildman–Crippen MR) is 113 cm³/mol. The van der Waals surface area contributed by atoms with E-state index in [-0.39, 0.29) is 23.7 Å². The molecule has 2 aromatic heterocycles. The van der Waals surface area contributed by atoms with Crippen molar-refractivity contribution in [2.24, 2.45) is 0 Å². The monoisotopic (exact) mass is 477 g/mol. The number of hydrogen-bond donors (Lipinski definition) is 1. The van der Waals surface area contributed by atoms with Gasteiger partial charge in [-0.15, -0.1) is 0 Å². The van der Waals surface area contributed by atoms with Gasteiger partial charge in [-0.25, -0.2) is 23.1 Å². The van der Waals surface area contributed by atoms with Crippen molar-refractivity contribution in [3.63, 3.8) is 0 Å².